The predicted molar refractivity (Wildman–Crippen MR) is 108 cm³/mol. The van der Waals surface area contributed by atoms with E-state index in [9.17, 15) is 14.7 Å². The maximum atomic E-state index is 13.4. The highest BCUT2D eigenvalue weighted by Crippen LogP contribution is 2.37. The van der Waals surface area contributed by atoms with Crippen LogP contribution < -0.4 is 4.57 Å². The fourth-order valence-electron chi connectivity index (χ4n) is 3.65. The zero-order chi connectivity index (χ0) is 20.1. The van der Waals surface area contributed by atoms with Crippen molar-refractivity contribution in [2.24, 2.45) is 12.0 Å². The fourth-order valence-corrected chi connectivity index (χ4v) is 3.65. The van der Waals surface area contributed by atoms with Crippen LogP contribution in [0.5, 0.6) is 5.75 Å². The Morgan fingerprint density at radius 1 is 1.00 bits per heavy atom. The number of aryl methyl sites for hydroxylation is 1. The second kappa shape index (κ2) is 6.24. The zero-order valence-electron chi connectivity index (χ0n) is 15.5. The molecule has 1 aliphatic rings. The molecule has 0 saturated carbocycles. The van der Waals surface area contributed by atoms with Crippen LogP contribution in [0.1, 0.15) is 26.4 Å². The number of benzene rings is 2. The summed E-state index contributed by atoms with van der Waals surface area (Å²) in [5.74, 6) is -0.786. The molecule has 3 heterocycles. The molecule has 1 aliphatic heterocycles. The maximum Gasteiger partial charge on any atom is 0.263 e. The quantitative estimate of drug-likeness (QED) is 0.541. The van der Waals surface area contributed by atoms with Crippen molar-refractivity contribution < 1.29 is 19.3 Å². The van der Waals surface area contributed by atoms with Gasteiger partial charge in [0.05, 0.1) is 16.8 Å². The number of aliphatic imine (C=N–C) groups is 1. The summed E-state index contributed by atoms with van der Waals surface area (Å²) in [6.07, 6.45) is 3.54. The number of carbonyl (C=O) groups excluding carboxylic acids is 2. The number of para-hydroxylation sites is 2. The summed E-state index contributed by atoms with van der Waals surface area (Å²) in [5, 5.41) is 11.4. The molecular weight excluding hydrogens is 366 g/mol. The van der Waals surface area contributed by atoms with Crippen LogP contribution in [0.3, 0.4) is 0 Å². The van der Waals surface area contributed by atoms with E-state index in [0.717, 1.165) is 0 Å². The van der Waals surface area contributed by atoms with Crippen molar-refractivity contribution in [2.45, 2.75) is 0 Å². The lowest BCUT2D eigenvalue weighted by Gasteiger charge is -2.09. The number of nitrogens with zero attached hydrogens (tertiary/aromatic N) is 3. The van der Waals surface area contributed by atoms with E-state index < -0.39 is 0 Å². The van der Waals surface area contributed by atoms with Gasteiger partial charge >= 0.3 is 0 Å². The van der Waals surface area contributed by atoms with Gasteiger partial charge in [0.25, 0.3) is 5.91 Å². The SMILES string of the molecule is C[n+]1ccc(C(=O)n2c(C3=Nc4ccccc4C3=O)c(O)c3ccccc32)cc1. The van der Waals surface area contributed by atoms with Crippen LogP contribution >= 0.6 is 0 Å². The Labute approximate surface area is 166 Å². The second-order valence-electron chi connectivity index (χ2n) is 6.91. The number of ketones is 1. The van der Waals surface area contributed by atoms with E-state index in [2.05, 4.69) is 4.99 Å². The van der Waals surface area contributed by atoms with Crippen molar-refractivity contribution in [1.82, 2.24) is 4.57 Å². The third kappa shape index (κ3) is 2.50. The number of hydrogen-bond acceptors (Lipinski definition) is 4. The molecule has 0 aliphatic carbocycles. The van der Waals surface area contributed by atoms with Crippen LogP contribution in [-0.2, 0) is 7.05 Å². The topological polar surface area (TPSA) is 75.5 Å². The van der Waals surface area contributed by atoms with Gasteiger partial charge in [-0.25, -0.2) is 9.56 Å². The summed E-state index contributed by atoms with van der Waals surface area (Å²) in [6.45, 7) is 0. The average Bonchev–Trinajstić information content (AvgIpc) is 3.23. The molecule has 0 saturated heterocycles. The maximum absolute atomic E-state index is 13.4. The van der Waals surface area contributed by atoms with Gasteiger partial charge in [0.1, 0.15) is 18.5 Å². The number of aromatic hydroxyl groups is 1. The molecule has 0 amide bonds. The summed E-state index contributed by atoms with van der Waals surface area (Å²) >= 11 is 0. The molecule has 1 N–H and O–H groups in total. The highest BCUT2D eigenvalue weighted by Gasteiger charge is 2.33. The minimum absolute atomic E-state index is 0.0646. The lowest BCUT2D eigenvalue weighted by molar-refractivity contribution is -0.671. The lowest BCUT2D eigenvalue weighted by Crippen LogP contribution is -2.27. The largest absolute Gasteiger partial charge is 0.505 e. The van der Waals surface area contributed by atoms with Crippen LogP contribution in [-0.4, -0.2) is 27.1 Å². The average molecular weight is 382 g/mol. The van der Waals surface area contributed by atoms with E-state index in [1.165, 1.54) is 4.57 Å². The normalized spacial score (nSPS) is 12.9. The molecule has 29 heavy (non-hydrogen) atoms. The Bertz CT molecular complexity index is 1350. The summed E-state index contributed by atoms with van der Waals surface area (Å²) in [7, 11) is 1.86. The minimum Gasteiger partial charge on any atom is -0.505 e. The molecule has 0 spiro atoms. The van der Waals surface area contributed by atoms with E-state index in [1.54, 1.807) is 73.1 Å². The van der Waals surface area contributed by atoms with Gasteiger partial charge < -0.3 is 5.11 Å². The van der Waals surface area contributed by atoms with Crippen molar-refractivity contribution in [2.75, 3.05) is 0 Å². The highest BCUT2D eigenvalue weighted by atomic mass is 16.3. The van der Waals surface area contributed by atoms with Crippen LogP contribution in [0.4, 0.5) is 5.69 Å². The molecule has 6 heteroatoms. The molecule has 2 aromatic heterocycles. The molecule has 6 nitrogen and oxygen atoms in total. The van der Waals surface area contributed by atoms with Crippen molar-refractivity contribution >= 4 is 34.0 Å². The first-order chi connectivity index (χ1) is 14.1. The molecule has 0 fully saturated rings. The number of rotatable bonds is 2. The smallest absolute Gasteiger partial charge is 0.263 e. The first-order valence-electron chi connectivity index (χ1n) is 9.11. The third-order valence-corrected chi connectivity index (χ3v) is 5.10. The van der Waals surface area contributed by atoms with E-state index in [1.807, 2.05) is 11.6 Å². The molecule has 2 aromatic carbocycles. The number of carbonyl (C=O) groups is 2. The summed E-state index contributed by atoms with van der Waals surface area (Å²) < 4.78 is 3.20. The van der Waals surface area contributed by atoms with Gasteiger partial charge in [-0.15, -0.1) is 0 Å². The first kappa shape index (κ1) is 17.1. The number of Topliss-reactive ketones (excluding diaryl/α,β-unsaturated/α-hetero) is 1. The van der Waals surface area contributed by atoms with Gasteiger partial charge in [0, 0.05) is 23.1 Å². The predicted octanol–water partition coefficient (Wildman–Crippen LogP) is 3.18. The van der Waals surface area contributed by atoms with Gasteiger partial charge in [0.2, 0.25) is 5.78 Å². The zero-order valence-corrected chi connectivity index (χ0v) is 15.5. The lowest BCUT2D eigenvalue weighted by atomic mass is 10.1. The third-order valence-electron chi connectivity index (χ3n) is 5.10. The Kier molecular flexibility index (Phi) is 3.67. The van der Waals surface area contributed by atoms with Crippen molar-refractivity contribution in [3.8, 4) is 5.75 Å². The summed E-state index contributed by atoms with van der Waals surface area (Å²) in [4.78, 5) is 30.9. The highest BCUT2D eigenvalue weighted by molar-refractivity contribution is 6.55. The van der Waals surface area contributed by atoms with E-state index in [0.29, 0.717) is 27.7 Å². The molecule has 5 rings (SSSR count). The minimum atomic E-state index is -0.344. The van der Waals surface area contributed by atoms with Crippen molar-refractivity contribution in [3.05, 3.63) is 89.9 Å². The molecule has 0 atom stereocenters. The standard InChI is InChI=1S/C23H15N3O3/c1-25-12-10-14(11-13-25)23(29)26-18-9-5-3-7-16(18)22(28)20(26)19-21(27)15-6-2-4-8-17(15)24-19/h2-13H,1H3/p+1. The van der Waals surface area contributed by atoms with E-state index in [4.69, 9.17) is 0 Å². The Morgan fingerprint density at radius 3 is 2.45 bits per heavy atom. The van der Waals surface area contributed by atoms with Crippen LogP contribution in [0.25, 0.3) is 10.9 Å². The van der Waals surface area contributed by atoms with Crippen molar-refractivity contribution in [3.63, 3.8) is 0 Å². The van der Waals surface area contributed by atoms with Crippen LogP contribution in [0.2, 0.25) is 0 Å². The van der Waals surface area contributed by atoms with Gasteiger partial charge in [-0.1, -0.05) is 24.3 Å². The fraction of sp³-hybridized carbons (Fsp3) is 0.0435. The first-order valence-corrected chi connectivity index (χ1v) is 9.11. The summed E-state index contributed by atoms with van der Waals surface area (Å²) in [5.41, 5.74) is 2.12. The number of pyridine rings is 1. The molecule has 140 valence electrons. The van der Waals surface area contributed by atoms with Crippen molar-refractivity contribution in [1.29, 1.82) is 0 Å². The molecule has 0 unspecified atom stereocenters. The Hall–Kier alpha value is -4.06. The summed E-state index contributed by atoms with van der Waals surface area (Å²) in [6, 6.07) is 17.4. The molecule has 4 aromatic rings. The molecular formula is C23H16N3O3+. The monoisotopic (exact) mass is 382 g/mol. The number of hydrogen-bond donors (Lipinski definition) is 1. The Balaban J connectivity index is 1.78. The van der Waals surface area contributed by atoms with Crippen LogP contribution in [0.15, 0.2) is 78.0 Å². The van der Waals surface area contributed by atoms with Crippen LogP contribution in [0, 0.1) is 0 Å². The van der Waals surface area contributed by atoms with E-state index >= 15 is 0 Å². The molecule has 0 bridgehead atoms. The Morgan fingerprint density at radius 2 is 1.69 bits per heavy atom. The number of fused-ring (bicyclic) bond motifs is 2. The van der Waals surface area contributed by atoms with Gasteiger partial charge in [-0.3, -0.25) is 14.2 Å². The van der Waals surface area contributed by atoms with Gasteiger partial charge in [-0.05, 0) is 24.3 Å². The van der Waals surface area contributed by atoms with E-state index in [-0.39, 0.29) is 28.8 Å². The molecule has 0 radical (unpaired) electrons. The second-order valence-corrected chi connectivity index (χ2v) is 6.91. The van der Waals surface area contributed by atoms with Gasteiger partial charge in [0.15, 0.2) is 18.1 Å². The van der Waals surface area contributed by atoms with Gasteiger partial charge in [-0.2, -0.15) is 0 Å². The number of aromatic nitrogens is 2.